The number of aromatic amines is 1. The van der Waals surface area contributed by atoms with Crippen LogP contribution in [0.15, 0.2) is 52.7 Å². The molecule has 2 aromatic carbocycles. The topological polar surface area (TPSA) is 103 Å². The van der Waals surface area contributed by atoms with E-state index in [0.717, 1.165) is 10.2 Å². The SMILES string of the molecule is C[C@@H](Nc1nc2ccccc2s1)C(=O)N=Nc1c(O)[nH]c2cc(F)ccc12. The number of hydrogen-bond acceptors (Lipinski definition) is 6. The summed E-state index contributed by atoms with van der Waals surface area (Å²) in [5.74, 6) is -1.25. The number of carbonyl (C=O) groups excluding carboxylic acids is 1. The lowest BCUT2D eigenvalue weighted by molar-refractivity contribution is -0.118. The molecule has 136 valence electrons. The minimum atomic E-state index is -0.654. The van der Waals surface area contributed by atoms with Crippen molar-refractivity contribution in [1.82, 2.24) is 9.97 Å². The van der Waals surface area contributed by atoms with E-state index in [2.05, 4.69) is 25.5 Å². The maximum absolute atomic E-state index is 13.3. The highest BCUT2D eigenvalue weighted by atomic mass is 32.1. The third kappa shape index (κ3) is 3.36. The summed E-state index contributed by atoms with van der Waals surface area (Å²) < 4.78 is 14.3. The Bertz CT molecular complexity index is 1150. The summed E-state index contributed by atoms with van der Waals surface area (Å²) in [5.41, 5.74) is 1.31. The maximum atomic E-state index is 13.3. The Labute approximate surface area is 156 Å². The zero-order valence-corrected chi connectivity index (χ0v) is 14.9. The molecular weight excluding hydrogens is 369 g/mol. The van der Waals surface area contributed by atoms with E-state index in [1.165, 1.54) is 29.5 Å². The van der Waals surface area contributed by atoms with Crippen LogP contribution < -0.4 is 5.32 Å². The quantitative estimate of drug-likeness (QED) is 0.443. The highest BCUT2D eigenvalue weighted by Crippen LogP contribution is 2.35. The van der Waals surface area contributed by atoms with Crippen LogP contribution in [-0.2, 0) is 4.79 Å². The van der Waals surface area contributed by atoms with Crippen LogP contribution in [0.1, 0.15) is 6.92 Å². The number of nitrogens with one attached hydrogen (secondary N) is 2. The van der Waals surface area contributed by atoms with E-state index in [0.29, 0.717) is 16.0 Å². The van der Waals surface area contributed by atoms with E-state index in [1.807, 2.05) is 24.3 Å². The molecule has 0 aliphatic rings. The standard InChI is InChI=1S/C18H14FN5O2S/c1-9(20-18-22-12-4-2-3-5-14(12)27-18)16(25)24-23-15-11-7-6-10(19)8-13(11)21-17(15)26/h2-9,21,26H,1H3,(H,20,22)/t9-/m1/s1. The molecule has 0 saturated heterocycles. The first-order valence-corrected chi connectivity index (χ1v) is 8.91. The predicted molar refractivity (Wildman–Crippen MR) is 102 cm³/mol. The molecule has 4 rings (SSSR count). The van der Waals surface area contributed by atoms with Gasteiger partial charge in [0, 0.05) is 5.39 Å². The van der Waals surface area contributed by atoms with E-state index in [-0.39, 0.29) is 11.6 Å². The number of para-hydroxylation sites is 1. The molecule has 0 saturated carbocycles. The first-order valence-electron chi connectivity index (χ1n) is 8.09. The molecule has 0 spiro atoms. The van der Waals surface area contributed by atoms with E-state index in [4.69, 9.17) is 0 Å². The number of anilines is 1. The fourth-order valence-electron chi connectivity index (χ4n) is 2.61. The molecule has 3 N–H and O–H groups in total. The van der Waals surface area contributed by atoms with Gasteiger partial charge in [-0.2, -0.15) is 0 Å². The van der Waals surface area contributed by atoms with Crippen molar-refractivity contribution in [2.24, 2.45) is 10.2 Å². The number of halogens is 1. The number of benzene rings is 2. The molecule has 0 aliphatic carbocycles. The van der Waals surface area contributed by atoms with Gasteiger partial charge in [-0.25, -0.2) is 9.37 Å². The molecule has 4 aromatic rings. The zero-order valence-electron chi connectivity index (χ0n) is 14.1. The summed E-state index contributed by atoms with van der Waals surface area (Å²) >= 11 is 1.44. The van der Waals surface area contributed by atoms with Crippen molar-refractivity contribution >= 4 is 49.2 Å². The van der Waals surface area contributed by atoms with Gasteiger partial charge in [0.05, 0.1) is 15.7 Å². The fourth-order valence-corrected chi connectivity index (χ4v) is 3.56. The van der Waals surface area contributed by atoms with Gasteiger partial charge in [0.15, 0.2) is 10.8 Å². The molecule has 2 heterocycles. The average Bonchev–Trinajstić information content (AvgIpc) is 3.18. The van der Waals surface area contributed by atoms with Gasteiger partial charge in [0.25, 0.3) is 5.91 Å². The van der Waals surface area contributed by atoms with E-state index in [9.17, 15) is 14.3 Å². The molecule has 0 fully saturated rings. The monoisotopic (exact) mass is 383 g/mol. The van der Waals surface area contributed by atoms with Crippen LogP contribution in [-0.4, -0.2) is 27.0 Å². The van der Waals surface area contributed by atoms with Crippen LogP contribution in [0, 0.1) is 5.82 Å². The van der Waals surface area contributed by atoms with Crippen LogP contribution >= 0.6 is 11.3 Å². The van der Waals surface area contributed by atoms with Crippen molar-refractivity contribution in [1.29, 1.82) is 0 Å². The predicted octanol–water partition coefficient (Wildman–Crippen LogP) is 4.73. The Balaban J connectivity index is 1.52. The van der Waals surface area contributed by atoms with Crippen molar-refractivity contribution in [3.8, 4) is 5.88 Å². The number of hydrogen-bond donors (Lipinski definition) is 3. The van der Waals surface area contributed by atoms with E-state index < -0.39 is 17.8 Å². The summed E-state index contributed by atoms with van der Waals surface area (Å²) in [4.78, 5) is 19.3. The third-order valence-electron chi connectivity index (χ3n) is 3.97. The second-order valence-electron chi connectivity index (χ2n) is 5.90. The van der Waals surface area contributed by atoms with Crippen molar-refractivity contribution in [3.63, 3.8) is 0 Å². The number of nitrogens with zero attached hydrogens (tertiary/aromatic N) is 3. The summed E-state index contributed by atoms with van der Waals surface area (Å²) in [6.07, 6.45) is 0. The summed E-state index contributed by atoms with van der Waals surface area (Å²) in [6.45, 7) is 1.65. The molecule has 2 aromatic heterocycles. The number of azo groups is 1. The lowest BCUT2D eigenvalue weighted by Crippen LogP contribution is -2.23. The number of rotatable bonds is 4. The molecule has 9 heteroatoms. The Morgan fingerprint density at radius 2 is 2.15 bits per heavy atom. The van der Waals surface area contributed by atoms with Gasteiger partial charge in [-0.05, 0) is 37.3 Å². The summed E-state index contributed by atoms with van der Waals surface area (Å²) in [6, 6.07) is 10.9. The second-order valence-corrected chi connectivity index (χ2v) is 6.93. The molecule has 0 bridgehead atoms. The van der Waals surface area contributed by atoms with Crippen molar-refractivity contribution in [2.75, 3.05) is 5.32 Å². The van der Waals surface area contributed by atoms with Gasteiger partial charge >= 0.3 is 0 Å². The van der Waals surface area contributed by atoms with Crippen LogP contribution in [0.2, 0.25) is 0 Å². The first-order chi connectivity index (χ1) is 13.0. The molecule has 0 aliphatic heterocycles. The minimum Gasteiger partial charge on any atom is -0.493 e. The van der Waals surface area contributed by atoms with Gasteiger partial charge in [-0.15, -0.1) is 10.2 Å². The zero-order chi connectivity index (χ0) is 19.0. The Kier molecular flexibility index (Phi) is 4.28. The fraction of sp³-hybridized carbons (Fsp3) is 0.111. The number of carbonyl (C=O) groups is 1. The van der Waals surface area contributed by atoms with Crippen LogP contribution in [0.25, 0.3) is 21.1 Å². The minimum absolute atomic E-state index is 0.0885. The third-order valence-corrected chi connectivity index (χ3v) is 4.93. The number of amides is 1. The number of H-pyrrole nitrogens is 1. The largest absolute Gasteiger partial charge is 0.493 e. The van der Waals surface area contributed by atoms with Crippen LogP contribution in [0.3, 0.4) is 0 Å². The number of aromatic nitrogens is 2. The molecule has 1 atom stereocenters. The Hall–Kier alpha value is -3.33. The van der Waals surface area contributed by atoms with Gasteiger partial charge in [0.2, 0.25) is 5.88 Å². The second kappa shape index (κ2) is 6.76. The normalized spacial score (nSPS) is 12.8. The number of fused-ring (bicyclic) bond motifs is 2. The highest BCUT2D eigenvalue weighted by molar-refractivity contribution is 7.22. The molecule has 0 radical (unpaired) electrons. The molecule has 27 heavy (non-hydrogen) atoms. The number of aromatic hydroxyl groups is 1. The average molecular weight is 383 g/mol. The van der Waals surface area contributed by atoms with Crippen LogP contribution in [0.5, 0.6) is 5.88 Å². The first kappa shape index (κ1) is 17.1. The summed E-state index contributed by atoms with van der Waals surface area (Å²) in [5, 5.41) is 21.5. The van der Waals surface area contributed by atoms with Gasteiger partial charge < -0.3 is 15.4 Å². The van der Waals surface area contributed by atoms with Gasteiger partial charge in [0.1, 0.15) is 11.9 Å². The Morgan fingerprint density at radius 3 is 2.96 bits per heavy atom. The van der Waals surface area contributed by atoms with Gasteiger partial charge in [-0.3, -0.25) is 4.79 Å². The lowest BCUT2D eigenvalue weighted by atomic mass is 10.2. The van der Waals surface area contributed by atoms with Gasteiger partial charge in [-0.1, -0.05) is 23.5 Å². The maximum Gasteiger partial charge on any atom is 0.286 e. The van der Waals surface area contributed by atoms with E-state index >= 15 is 0 Å². The highest BCUT2D eigenvalue weighted by Gasteiger charge is 2.16. The Morgan fingerprint density at radius 1 is 1.33 bits per heavy atom. The van der Waals surface area contributed by atoms with Crippen molar-refractivity contribution in [3.05, 3.63) is 48.3 Å². The van der Waals surface area contributed by atoms with E-state index in [1.54, 1.807) is 6.92 Å². The van der Waals surface area contributed by atoms with Crippen LogP contribution in [0.4, 0.5) is 15.2 Å². The smallest absolute Gasteiger partial charge is 0.286 e. The summed E-state index contributed by atoms with van der Waals surface area (Å²) in [7, 11) is 0. The molecular formula is C18H14FN5O2S. The molecule has 7 nitrogen and oxygen atoms in total. The lowest BCUT2D eigenvalue weighted by Gasteiger charge is -2.07. The molecule has 1 amide bonds. The van der Waals surface area contributed by atoms with Crippen molar-refractivity contribution < 1.29 is 14.3 Å². The van der Waals surface area contributed by atoms with Crippen molar-refractivity contribution in [2.45, 2.75) is 13.0 Å². The number of thiazole rings is 1. The molecule has 0 unspecified atom stereocenters.